The summed E-state index contributed by atoms with van der Waals surface area (Å²) in [6, 6.07) is 61.0. The van der Waals surface area contributed by atoms with Crippen LogP contribution in [0.15, 0.2) is 152 Å². The van der Waals surface area contributed by atoms with Crippen molar-refractivity contribution < 1.29 is 25.8 Å². The summed E-state index contributed by atoms with van der Waals surface area (Å²) in [5.41, 5.74) is 16.7. The zero-order valence-electron chi connectivity index (χ0n) is 47.7. The molecular weight excluding hydrogens is 1110 g/mol. The first-order chi connectivity index (χ1) is 35.0. The summed E-state index contributed by atoms with van der Waals surface area (Å²) in [5.74, 6) is 2.67. The quantitative estimate of drug-likeness (QED) is 0.128. The van der Waals surface area contributed by atoms with E-state index >= 15 is 0 Å². The number of nitrogens with zero attached hydrogens (tertiary/aromatic N) is 4. The first-order valence-electron chi connectivity index (χ1n) is 26.6. The number of rotatable bonds is 10. The number of benzene rings is 7. The van der Waals surface area contributed by atoms with Crippen LogP contribution < -0.4 is 14.5 Å². The normalized spacial score (nSPS) is 13.1. The van der Waals surface area contributed by atoms with Gasteiger partial charge in [0.25, 0.3) is 0 Å². The van der Waals surface area contributed by atoms with Crippen molar-refractivity contribution in [3.63, 3.8) is 0 Å². The molecular formula is C70H76N4OPt. The van der Waals surface area contributed by atoms with Crippen LogP contribution in [0.2, 0.25) is 0 Å². The minimum atomic E-state index is -0.239. The molecule has 0 atom stereocenters. The molecule has 0 unspecified atom stereocenters. The predicted molar refractivity (Wildman–Crippen MR) is 319 cm³/mol. The first-order valence-corrected chi connectivity index (χ1v) is 26.6. The zero-order valence-corrected chi connectivity index (χ0v) is 50.0. The van der Waals surface area contributed by atoms with Gasteiger partial charge in [-0.05, 0) is 115 Å². The molecule has 1 aliphatic rings. The summed E-state index contributed by atoms with van der Waals surface area (Å²) >= 11 is 0. The Labute approximate surface area is 469 Å². The smallest absolute Gasteiger partial charge is 0.509 e. The second-order valence-electron chi connectivity index (χ2n) is 24.7. The number of para-hydroxylation sites is 3. The van der Waals surface area contributed by atoms with Crippen LogP contribution in [0.25, 0.3) is 38.8 Å². The first kappa shape index (κ1) is 55.8. The van der Waals surface area contributed by atoms with Crippen molar-refractivity contribution in [3.8, 4) is 28.4 Å². The van der Waals surface area contributed by atoms with Crippen molar-refractivity contribution >= 4 is 44.6 Å². The van der Waals surface area contributed by atoms with Crippen LogP contribution >= 0.6 is 0 Å². The van der Waals surface area contributed by atoms with Crippen LogP contribution in [-0.2, 0) is 42.7 Å². The Bertz CT molecular complexity index is 3540. The van der Waals surface area contributed by atoms with Gasteiger partial charge in [-0.3, -0.25) is 0 Å². The zero-order chi connectivity index (χ0) is 52.6. The Morgan fingerprint density at radius 1 is 0.539 bits per heavy atom. The minimum absolute atomic E-state index is 0. The van der Waals surface area contributed by atoms with Crippen LogP contribution in [-0.4, -0.2) is 9.55 Å². The van der Waals surface area contributed by atoms with Crippen molar-refractivity contribution in [2.24, 2.45) is 0 Å². The molecule has 0 spiro atoms. The van der Waals surface area contributed by atoms with E-state index in [4.69, 9.17) is 9.72 Å². The molecule has 0 N–H and O–H groups in total. The molecule has 0 saturated carbocycles. The molecule has 1 aliphatic heterocycles. The maximum absolute atomic E-state index is 7.30. The molecule has 0 aliphatic carbocycles. The molecule has 6 heteroatoms. The van der Waals surface area contributed by atoms with E-state index in [0.717, 1.165) is 55.9 Å². The van der Waals surface area contributed by atoms with E-state index < -0.39 is 0 Å². The van der Waals surface area contributed by atoms with Crippen molar-refractivity contribution in [2.45, 2.75) is 137 Å². The molecule has 0 saturated heterocycles. The Morgan fingerprint density at radius 3 is 1.76 bits per heavy atom. The van der Waals surface area contributed by atoms with Gasteiger partial charge in [0.2, 0.25) is 0 Å². The summed E-state index contributed by atoms with van der Waals surface area (Å²) in [6.45, 7) is 36.6. The molecule has 392 valence electrons. The van der Waals surface area contributed by atoms with E-state index in [1.165, 1.54) is 44.5 Å². The van der Waals surface area contributed by atoms with Gasteiger partial charge in [0, 0.05) is 45.7 Å². The average Bonchev–Trinajstić information content (AvgIpc) is 3.98. The second kappa shape index (κ2) is 20.8. The summed E-state index contributed by atoms with van der Waals surface area (Å²) in [5, 5.41) is 2.32. The summed E-state index contributed by atoms with van der Waals surface area (Å²) in [7, 11) is 0. The van der Waals surface area contributed by atoms with Crippen molar-refractivity contribution in [3.05, 3.63) is 217 Å². The molecule has 5 nitrogen and oxygen atoms in total. The molecule has 9 aromatic rings. The number of ether oxygens (including phenoxy) is 1. The number of hydrogen-bond acceptors (Lipinski definition) is 4. The van der Waals surface area contributed by atoms with Crippen LogP contribution in [0.5, 0.6) is 11.5 Å². The van der Waals surface area contributed by atoms with E-state index in [0.29, 0.717) is 11.5 Å². The van der Waals surface area contributed by atoms with E-state index in [9.17, 15) is 0 Å². The third-order valence-corrected chi connectivity index (χ3v) is 15.2. The van der Waals surface area contributed by atoms with Crippen LogP contribution in [0.1, 0.15) is 155 Å². The SMILES string of the molecule is CC(C)c1cccc(C(C)C)c1-c1cc(Oc2[c-]c3c(c(C(C)(C)C)c2)c2ccccc2n3-c2cc(C(C)(C)C)ccn2)[c-]c(N2[CH-]N(c3cc(C(C)(C)C)cc(C(C)(C)c4ccccc4)c3)c3ccccc32)c1.[CH3-].[Pt+4]. The van der Waals surface area contributed by atoms with Gasteiger partial charge >= 0.3 is 21.1 Å². The van der Waals surface area contributed by atoms with E-state index in [2.05, 4.69) is 283 Å². The minimum Gasteiger partial charge on any atom is -0.509 e. The maximum Gasteiger partial charge on any atom is 4.00 e. The molecule has 0 amide bonds. The fourth-order valence-corrected chi connectivity index (χ4v) is 10.8. The summed E-state index contributed by atoms with van der Waals surface area (Å²) in [4.78, 5) is 9.68. The van der Waals surface area contributed by atoms with Crippen molar-refractivity contribution in [1.29, 1.82) is 0 Å². The topological polar surface area (TPSA) is 33.5 Å². The van der Waals surface area contributed by atoms with E-state index in [1.807, 2.05) is 6.20 Å². The van der Waals surface area contributed by atoms with Gasteiger partial charge in [0.15, 0.2) is 0 Å². The number of anilines is 4. The Hall–Kier alpha value is -6.42. The summed E-state index contributed by atoms with van der Waals surface area (Å²) in [6.07, 6.45) is 1.93. The van der Waals surface area contributed by atoms with Crippen LogP contribution in [0.3, 0.4) is 0 Å². The van der Waals surface area contributed by atoms with E-state index in [1.54, 1.807) is 0 Å². The molecule has 2 aromatic heterocycles. The number of fused-ring (bicyclic) bond motifs is 4. The number of hydrogen-bond donors (Lipinski definition) is 0. The van der Waals surface area contributed by atoms with Gasteiger partial charge in [-0.1, -0.05) is 200 Å². The number of pyridine rings is 1. The van der Waals surface area contributed by atoms with Crippen LogP contribution in [0.4, 0.5) is 22.7 Å². The Morgan fingerprint density at radius 2 is 1.13 bits per heavy atom. The molecule has 7 aromatic carbocycles. The van der Waals surface area contributed by atoms with Crippen molar-refractivity contribution in [2.75, 3.05) is 9.80 Å². The van der Waals surface area contributed by atoms with Crippen LogP contribution in [0, 0.1) is 26.2 Å². The average molecular weight is 1180 g/mol. The monoisotopic (exact) mass is 1180 g/mol. The molecule has 0 fully saturated rings. The van der Waals surface area contributed by atoms with Gasteiger partial charge in [-0.2, -0.15) is 0 Å². The second-order valence-corrected chi connectivity index (χ2v) is 24.7. The summed E-state index contributed by atoms with van der Waals surface area (Å²) < 4.78 is 9.57. The van der Waals surface area contributed by atoms with Gasteiger partial charge < -0.3 is 26.5 Å². The fourth-order valence-electron chi connectivity index (χ4n) is 10.8. The molecule has 10 rings (SSSR count). The molecule has 3 heterocycles. The third-order valence-electron chi connectivity index (χ3n) is 15.2. The van der Waals surface area contributed by atoms with Gasteiger partial charge in [0.05, 0.1) is 0 Å². The van der Waals surface area contributed by atoms with Gasteiger partial charge in [0.1, 0.15) is 5.82 Å². The van der Waals surface area contributed by atoms with Gasteiger partial charge in [-0.15, -0.1) is 53.8 Å². The Kier molecular flexibility index (Phi) is 15.3. The van der Waals surface area contributed by atoms with Gasteiger partial charge in [-0.25, -0.2) is 4.98 Å². The standard InChI is InChI=1S/C69H73N4O.CH3.Pt/c1-44(2)55-27-23-28-56(45(3)4)64(55)46-34-51(71-43-72(61-31-22-21-30-60(61)71)52-37-49(67(8,9)10)36-50(38-52)69(14,15)47-24-17-16-18-25-47)40-53(35-46)74-54-41-58(68(11,12)13)65-57-26-19-20-29-59(57)73(62(65)42-54)63-39-48(32-33-70-63)66(5,6)7;;/h16-39,41,43-45H,1-15H3;1H3;/q-3;-1;+4. The Balaban J connectivity index is 0.00000383. The largest absolute Gasteiger partial charge is 4.00 e. The van der Waals surface area contributed by atoms with Crippen molar-refractivity contribution in [1.82, 2.24) is 9.55 Å². The molecule has 76 heavy (non-hydrogen) atoms. The van der Waals surface area contributed by atoms with E-state index in [-0.39, 0.29) is 62.0 Å². The maximum atomic E-state index is 7.30. The molecule has 0 bridgehead atoms. The number of aromatic nitrogens is 2. The molecule has 0 radical (unpaired) electrons. The third kappa shape index (κ3) is 10.4. The fraction of sp³-hybridized carbons (Fsp3) is 0.300. The predicted octanol–water partition coefficient (Wildman–Crippen LogP) is 19.6.